The van der Waals surface area contributed by atoms with Crippen molar-refractivity contribution >= 4 is 0 Å². The van der Waals surface area contributed by atoms with Crippen LogP contribution in [0.5, 0.6) is 11.5 Å². The molecule has 16 heavy (non-hydrogen) atoms. The van der Waals surface area contributed by atoms with Gasteiger partial charge in [0.25, 0.3) is 0 Å². The number of phenolic OH excluding ortho intramolecular Hbond substituents is 2. The summed E-state index contributed by atoms with van der Waals surface area (Å²) in [6, 6.07) is 4.89. The molecule has 0 amide bonds. The van der Waals surface area contributed by atoms with Gasteiger partial charge in [0.05, 0.1) is 0 Å². The molecule has 3 heteroatoms. The van der Waals surface area contributed by atoms with Gasteiger partial charge in [-0.3, -0.25) is 0 Å². The van der Waals surface area contributed by atoms with E-state index in [4.69, 9.17) is 0 Å². The van der Waals surface area contributed by atoms with Crippen molar-refractivity contribution in [3.8, 4) is 11.5 Å². The molecule has 0 bridgehead atoms. The third-order valence-electron chi connectivity index (χ3n) is 3.42. The lowest BCUT2D eigenvalue weighted by Crippen LogP contribution is -2.29. The quantitative estimate of drug-likeness (QED) is 0.732. The van der Waals surface area contributed by atoms with E-state index < -0.39 is 0 Å². The van der Waals surface area contributed by atoms with E-state index in [1.807, 2.05) is 6.92 Å². The van der Waals surface area contributed by atoms with Crippen molar-refractivity contribution in [1.29, 1.82) is 0 Å². The zero-order valence-electron chi connectivity index (χ0n) is 9.61. The first-order valence-electron chi connectivity index (χ1n) is 5.92. The summed E-state index contributed by atoms with van der Waals surface area (Å²) < 4.78 is 0. The van der Waals surface area contributed by atoms with Crippen LogP contribution >= 0.6 is 0 Å². The van der Waals surface area contributed by atoms with Gasteiger partial charge in [-0.25, -0.2) is 0 Å². The molecule has 3 nitrogen and oxygen atoms in total. The van der Waals surface area contributed by atoms with Gasteiger partial charge >= 0.3 is 0 Å². The van der Waals surface area contributed by atoms with E-state index >= 15 is 0 Å². The lowest BCUT2D eigenvalue weighted by molar-refractivity contribution is 0.291. The molecule has 1 fully saturated rings. The van der Waals surface area contributed by atoms with Crippen molar-refractivity contribution < 1.29 is 10.2 Å². The second-order valence-corrected chi connectivity index (χ2v) is 4.67. The summed E-state index contributed by atoms with van der Waals surface area (Å²) in [7, 11) is 0. The van der Waals surface area contributed by atoms with Crippen molar-refractivity contribution in [2.45, 2.75) is 32.2 Å². The second kappa shape index (κ2) is 4.74. The second-order valence-electron chi connectivity index (χ2n) is 4.67. The molecule has 3 N–H and O–H groups in total. The van der Waals surface area contributed by atoms with Gasteiger partial charge in [-0.15, -0.1) is 0 Å². The van der Waals surface area contributed by atoms with Gasteiger partial charge < -0.3 is 15.5 Å². The van der Waals surface area contributed by atoms with Gasteiger partial charge in [-0.2, -0.15) is 0 Å². The van der Waals surface area contributed by atoms with E-state index in [1.54, 1.807) is 12.1 Å². The van der Waals surface area contributed by atoms with Crippen molar-refractivity contribution in [3.63, 3.8) is 0 Å². The standard InChI is InChI=1S/C13H19NO2/c1-9(14-8-10-3-2-4-10)12-6-5-11(15)7-13(12)16/h5-7,9-10,14-16H,2-4,8H2,1H3. The van der Waals surface area contributed by atoms with Crippen LogP contribution in [-0.4, -0.2) is 16.8 Å². The minimum absolute atomic E-state index is 0.104. The molecule has 1 atom stereocenters. The van der Waals surface area contributed by atoms with E-state index in [2.05, 4.69) is 5.32 Å². The van der Waals surface area contributed by atoms with Gasteiger partial charge in [-0.1, -0.05) is 12.5 Å². The number of hydrogen-bond acceptors (Lipinski definition) is 3. The maximum absolute atomic E-state index is 9.70. The Balaban J connectivity index is 1.93. The summed E-state index contributed by atoms with van der Waals surface area (Å²) in [5, 5.41) is 22.3. The minimum atomic E-state index is 0.104. The lowest BCUT2D eigenvalue weighted by atomic mass is 9.85. The average molecular weight is 221 g/mol. The molecular weight excluding hydrogens is 202 g/mol. The van der Waals surface area contributed by atoms with Crippen LogP contribution in [0.25, 0.3) is 0 Å². The van der Waals surface area contributed by atoms with Crippen LogP contribution in [0.15, 0.2) is 18.2 Å². The zero-order chi connectivity index (χ0) is 11.5. The molecule has 0 radical (unpaired) electrons. The molecule has 1 aliphatic carbocycles. The van der Waals surface area contributed by atoms with Gasteiger partial charge in [0.2, 0.25) is 0 Å². The highest BCUT2D eigenvalue weighted by atomic mass is 16.3. The van der Waals surface area contributed by atoms with Gasteiger partial charge in [-0.05, 0) is 38.3 Å². The summed E-state index contributed by atoms with van der Waals surface area (Å²) in [5.41, 5.74) is 0.845. The van der Waals surface area contributed by atoms with Crippen molar-refractivity contribution in [2.24, 2.45) is 5.92 Å². The predicted octanol–water partition coefficient (Wildman–Crippen LogP) is 2.55. The molecule has 0 aromatic heterocycles. The Morgan fingerprint density at radius 1 is 1.38 bits per heavy atom. The lowest BCUT2D eigenvalue weighted by Gasteiger charge is -2.27. The number of rotatable bonds is 4. The fraction of sp³-hybridized carbons (Fsp3) is 0.538. The first-order valence-corrected chi connectivity index (χ1v) is 5.92. The Bertz CT molecular complexity index is 361. The molecule has 0 heterocycles. The van der Waals surface area contributed by atoms with Crippen LogP contribution in [0.2, 0.25) is 0 Å². The molecule has 1 aliphatic rings. The molecule has 0 saturated heterocycles. The van der Waals surface area contributed by atoms with Gasteiger partial charge in [0, 0.05) is 17.7 Å². The van der Waals surface area contributed by atoms with Crippen LogP contribution in [-0.2, 0) is 0 Å². The Kier molecular flexibility index (Phi) is 3.34. The van der Waals surface area contributed by atoms with E-state index in [0.29, 0.717) is 0 Å². The maximum Gasteiger partial charge on any atom is 0.124 e. The topological polar surface area (TPSA) is 52.5 Å². The first kappa shape index (κ1) is 11.3. The molecule has 88 valence electrons. The number of nitrogens with one attached hydrogen (secondary N) is 1. The van der Waals surface area contributed by atoms with Crippen LogP contribution in [0.3, 0.4) is 0 Å². The summed E-state index contributed by atoms with van der Waals surface area (Å²) in [4.78, 5) is 0. The smallest absolute Gasteiger partial charge is 0.124 e. The normalized spacial score (nSPS) is 18.1. The Labute approximate surface area is 96.1 Å². The Hall–Kier alpha value is -1.22. The SMILES string of the molecule is CC(NCC1CCC1)c1ccc(O)cc1O. The van der Waals surface area contributed by atoms with Crippen LogP contribution < -0.4 is 5.32 Å². The van der Waals surface area contributed by atoms with Crippen LogP contribution in [0.1, 0.15) is 37.8 Å². The highest BCUT2D eigenvalue weighted by Gasteiger charge is 2.18. The largest absolute Gasteiger partial charge is 0.508 e. The number of hydrogen-bond donors (Lipinski definition) is 3. The number of benzene rings is 1. The average Bonchev–Trinajstić information content (AvgIpc) is 2.14. The molecule has 1 aromatic carbocycles. The van der Waals surface area contributed by atoms with Crippen molar-refractivity contribution in [2.75, 3.05) is 6.54 Å². The molecule has 0 aliphatic heterocycles. The fourth-order valence-corrected chi connectivity index (χ4v) is 2.05. The third-order valence-corrected chi connectivity index (χ3v) is 3.42. The molecular formula is C13H19NO2. The summed E-state index contributed by atoms with van der Waals surface area (Å²) >= 11 is 0. The van der Waals surface area contributed by atoms with Crippen molar-refractivity contribution in [3.05, 3.63) is 23.8 Å². The maximum atomic E-state index is 9.70. The van der Waals surface area contributed by atoms with Crippen LogP contribution in [0, 0.1) is 5.92 Å². The monoisotopic (exact) mass is 221 g/mol. The Morgan fingerprint density at radius 2 is 2.12 bits per heavy atom. The zero-order valence-corrected chi connectivity index (χ0v) is 9.61. The highest BCUT2D eigenvalue weighted by Crippen LogP contribution is 2.29. The van der Waals surface area contributed by atoms with E-state index in [-0.39, 0.29) is 17.5 Å². The Morgan fingerprint density at radius 3 is 2.69 bits per heavy atom. The van der Waals surface area contributed by atoms with E-state index in [1.165, 1.54) is 25.3 Å². The van der Waals surface area contributed by atoms with E-state index in [0.717, 1.165) is 18.0 Å². The van der Waals surface area contributed by atoms with Crippen molar-refractivity contribution in [1.82, 2.24) is 5.32 Å². The molecule has 1 saturated carbocycles. The number of aromatic hydroxyl groups is 2. The van der Waals surface area contributed by atoms with Gasteiger partial charge in [0.1, 0.15) is 11.5 Å². The summed E-state index contributed by atoms with van der Waals surface area (Å²) in [6.45, 7) is 3.05. The predicted molar refractivity (Wildman–Crippen MR) is 63.5 cm³/mol. The minimum Gasteiger partial charge on any atom is -0.508 e. The van der Waals surface area contributed by atoms with Gasteiger partial charge in [0.15, 0.2) is 0 Å². The molecule has 2 rings (SSSR count). The summed E-state index contributed by atoms with van der Waals surface area (Å²) in [5.74, 6) is 1.07. The fourth-order valence-electron chi connectivity index (χ4n) is 2.05. The molecule has 1 unspecified atom stereocenters. The molecule has 0 spiro atoms. The number of phenols is 2. The highest BCUT2D eigenvalue weighted by molar-refractivity contribution is 5.40. The van der Waals surface area contributed by atoms with E-state index in [9.17, 15) is 10.2 Å². The first-order chi connectivity index (χ1) is 7.66. The summed E-state index contributed by atoms with van der Waals surface area (Å²) in [6.07, 6.45) is 3.99. The van der Waals surface area contributed by atoms with Crippen LogP contribution in [0.4, 0.5) is 0 Å². The third kappa shape index (κ3) is 2.47. The molecule has 1 aromatic rings.